The molecule has 4 amide bonds. The van der Waals surface area contributed by atoms with Crippen LogP contribution in [0.4, 0.5) is 4.79 Å². The van der Waals surface area contributed by atoms with Crippen LogP contribution in [0.2, 0.25) is 0 Å². The van der Waals surface area contributed by atoms with Crippen molar-refractivity contribution in [2.24, 2.45) is 0 Å². The highest BCUT2D eigenvalue weighted by molar-refractivity contribution is 5.93. The molecule has 2 aromatic carbocycles. The van der Waals surface area contributed by atoms with E-state index in [-0.39, 0.29) is 38.7 Å². The maximum absolute atomic E-state index is 13.4. The maximum Gasteiger partial charge on any atom is 0.334 e. The second-order valence-corrected chi connectivity index (χ2v) is 9.19. The SMILES string of the molecule is CCN1CC(=O)N2[C@@H](CC(=O)O)C(=O)N(CCOCc3ccccc3)C[C@@H]2N1C(=O)NCc1ccccc1. The third-order valence-corrected chi connectivity index (χ3v) is 6.67. The number of carbonyl (C=O) groups is 4. The van der Waals surface area contributed by atoms with E-state index in [1.165, 1.54) is 14.8 Å². The number of urea groups is 1. The van der Waals surface area contributed by atoms with Crippen molar-refractivity contribution in [1.29, 1.82) is 0 Å². The number of nitrogens with one attached hydrogen (secondary N) is 1. The molecule has 38 heavy (non-hydrogen) atoms. The van der Waals surface area contributed by atoms with Gasteiger partial charge >= 0.3 is 12.0 Å². The molecule has 2 saturated heterocycles. The topological polar surface area (TPSA) is 123 Å². The Morgan fingerprint density at radius 2 is 1.68 bits per heavy atom. The van der Waals surface area contributed by atoms with Crippen LogP contribution in [-0.2, 0) is 32.3 Å². The van der Waals surface area contributed by atoms with Crippen molar-refractivity contribution in [2.45, 2.75) is 38.7 Å². The van der Waals surface area contributed by atoms with Crippen LogP contribution >= 0.6 is 0 Å². The zero-order valence-electron chi connectivity index (χ0n) is 21.4. The number of nitrogens with zero attached hydrogens (tertiary/aromatic N) is 4. The number of fused-ring (bicyclic) bond motifs is 1. The molecule has 0 aliphatic carbocycles. The first-order valence-electron chi connectivity index (χ1n) is 12.7. The lowest BCUT2D eigenvalue weighted by Gasteiger charge is -2.54. The van der Waals surface area contributed by atoms with Crippen molar-refractivity contribution in [2.75, 3.05) is 32.8 Å². The number of hydrogen-bond donors (Lipinski definition) is 2. The number of likely N-dealkylation sites (N-methyl/N-ethyl adjacent to an activating group) is 1. The lowest BCUT2D eigenvalue weighted by Crippen LogP contribution is -2.76. The molecule has 2 N–H and O–H groups in total. The maximum atomic E-state index is 13.4. The van der Waals surface area contributed by atoms with E-state index >= 15 is 0 Å². The number of carboxylic acid groups (broad SMARTS) is 1. The molecule has 0 spiro atoms. The Kier molecular flexibility index (Phi) is 8.93. The highest BCUT2D eigenvalue weighted by Gasteiger charge is 2.51. The normalized spacial score (nSPS) is 19.9. The third kappa shape index (κ3) is 6.29. The molecule has 2 atom stereocenters. The Labute approximate surface area is 221 Å². The molecule has 0 saturated carbocycles. The fourth-order valence-corrected chi connectivity index (χ4v) is 4.82. The van der Waals surface area contributed by atoms with Crippen LogP contribution in [0.15, 0.2) is 60.7 Å². The van der Waals surface area contributed by atoms with Gasteiger partial charge in [-0.15, -0.1) is 0 Å². The first-order valence-corrected chi connectivity index (χ1v) is 12.7. The number of carbonyl (C=O) groups excluding carboxylic acids is 3. The molecule has 0 aromatic heterocycles. The predicted molar refractivity (Wildman–Crippen MR) is 137 cm³/mol. The van der Waals surface area contributed by atoms with E-state index in [2.05, 4.69) is 5.32 Å². The van der Waals surface area contributed by atoms with E-state index in [0.717, 1.165) is 11.1 Å². The van der Waals surface area contributed by atoms with Gasteiger partial charge in [0.15, 0.2) is 0 Å². The van der Waals surface area contributed by atoms with Gasteiger partial charge in [-0.2, -0.15) is 0 Å². The minimum absolute atomic E-state index is 0.0463. The average Bonchev–Trinajstić information content (AvgIpc) is 2.92. The van der Waals surface area contributed by atoms with Crippen molar-refractivity contribution >= 4 is 23.8 Å². The minimum atomic E-state index is -1.21. The highest BCUT2D eigenvalue weighted by Crippen LogP contribution is 2.28. The van der Waals surface area contributed by atoms with Crippen molar-refractivity contribution in [3.63, 3.8) is 0 Å². The quantitative estimate of drug-likeness (QED) is 0.453. The smallest absolute Gasteiger partial charge is 0.334 e. The summed E-state index contributed by atoms with van der Waals surface area (Å²) in [6.07, 6.45) is -1.39. The standard InChI is InChI=1S/C27H33N5O6/c1-2-30-18-24(33)31-22(15-25(34)35)26(36)29(13-14-38-19-21-11-7-4-8-12-21)17-23(31)32(30)27(37)28-16-20-9-5-3-6-10-20/h3-12,22-23H,2,13-19H2,1H3,(H,28,37)(H,34,35)/t22-,23-/m0/s1. The lowest BCUT2D eigenvalue weighted by atomic mass is 10.0. The summed E-state index contributed by atoms with van der Waals surface area (Å²) in [5.74, 6) is -2.05. The van der Waals surface area contributed by atoms with E-state index in [0.29, 0.717) is 13.2 Å². The lowest BCUT2D eigenvalue weighted by molar-refractivity contribution is -0.191. The van der Waals surface area contributed by atoms with Gasteiger partial charge in [-0.1, -0.05) is 67.6 Å². The predicted octanol–water partition coefficient (Wildman–Crippen LogP) is 1.51. The van der Waals surface area contributed by atoms with E-state index in [1.807, 2.05) is 67.6 Å². The van der Waals surface area contributed by atoms with Gasteiger partial charge in [-0.25, -0.2) is 14.8 Å². The van der Waals surface area contributed by atoms with Gasteiger partial charge in [-0.3, -0.25) is 14.4 Å². The van der Waals surface area contributed by atoms with Gasteiger partial charge in [0.05, 0.1) is 32.7 Å². The average molecular weight is 524 g/mol. The van der Waals surface area contributed by atoms with Crippen molar-refractivity contribution in [3.05, 3.63) is 71.8 Å². The summed E-state index contributed by atoms with van der Waals surface area (Å²) in [6.45, 7) is 3.20. The first-order chi connectivity index (χ1) is 18.4. The molecule has 2 fully saturated rings. The van der Waals surface area contributed by atoms with E-state index in [4.69, 9.17) is 4.74 Å². The fourth-order valence-electron chi connectivity index (χ4n) is 4.82. The number of rotatable bonds is 10. The molecule has 2 heterocycles. The van der Waals surface area contributed by atoms with Gasteiger partial charge in [0.2, 0.25) is 11.8 Å². The molecule has 11 heteroatoms. The van der Waals surface area contributed by atoms with Crippen molar-refractivity contribution < 1.29 is 29.0 Å². The molecule has 4 rings (SSSR count). The van der Waals surface area contributed by atoms with Gasteiger partial charge < -0.3 is 25.0 Å². The van der Waals surface area contributed by atoms with Gasteiger partial charge in [0.1, 0.15) is 12.2 Å². The monoisotopic (exact) mass is 523 g/mol. The van der Waals surface area contributed by atoms with E-state index in [1.54, 1.807) is 5.01 Å². The number of hydrazine groups is 1. The Bertz CT molecular complexity index is 1130. The van der Waals surface area contributed by atoms with E-state index in [9.17, 15) is 24.3 Å². The number of carboxylic acids is 1. The highest BCUT2D eigenvalue weighted by atomic mass is 16.5. The Morgan fingerprint density at radius 1 is 1.03 bits per heavy atom. The molecule has 202 valence electrons. The number of ether oxygens (including phenoxy) is 1. The van der Waals surface area contributed by atoms with Crippen LogP contribution in [0.5, 0.6) is 0 Å². The Morgan fingerprint density at radius 3 is 2.32 bits per heavy atom. The summed E-state index contributed by atoms with van der Waals surface area (Å²) in [7, 11) is 0. The van der Waals surface area contributed by atoms with Gasteiger partial charge in [-0.05, 0) is 11.1 Å². The summed E-state index contributed by atoms with van der Waals surface area (Å²) >= 11 is 0. The second kappa shape index (κ2) is 12.5. The first kappa shape index (κ1) is 27.1. The molecule has 0 bridgehead atoms. The molecule has 2 aliphatic heterocycles. The van der Waals surface area contributed by atoms with Crippen LogP contribution in [0.25, 0.3) is 0 Å². The van der Waals surface area contributed by atoms with Gasteiger partial charge in [0.25, 0.3) is 0 Å². The summed E-state index contributed by atoms with van der Waals surface area (Å²) in [5, 5.41) is 15.5. The zero-order valence-corrected chi connectivity index (χ0v) is 21.4. The largest absolute Gasteiger partial charge is 0.481 e. The molecule has 2 aromatic rings. The van der Waals surface area contributed by atoms with Crippen molar-refractivity contribution in [3.8, 4) is 0 Å². The Hall–Kier alpha value is -3.96. The summed E-state index contributed by atoms with van der Waals surface area (Å²) in [4.78, 5) is 54.4. The molecule has 0 unspecified atom stereocenters. The third-order valence-electron chi connectivity index (χ3n) is 6.67. The summed E-state index contributed by atoms with van der Waals surface area (Å²) in [5.41, 5.74) is 1.90. The molecule has 0 radical (unpaired) electrons. The van der Waals surface area contributed by atoms with Crippen LogP contribution in [0, 0.1) is 0 Å². The number of hydrogen-bond acceptors (Lipinski definition) is 6. The fraction of sp³-hybridized carbons (Fsp3) is 0.407. The molecule has 2 aliphatic rings. The number of piperazine rings is 1. The summed E-state index contributed by atoms with van der Waals surface area (Å²) in [6, 6.07) is 17.4. The number of benzene rings is 2. The summed E-state index contributed by atoms with van der Waals surface area (Å²) < 4.78 is 5.75. The zero-order chi connectivity index (χ0) is 27.1. The molecular formula is C27H33N5O6. The van der Waals surface area contributed by atoms with E-state index < -0.39 is 36.5 Å². The van der Waals surface area contributed by atoms with Crippen LogP contribution < -0.4 is 5.32 Å². The van der Waals surface area contributed by atoms with Crippen LogP contribution in [0.1, 0.15) is 24.5 Å². The number of amides is 4. The van der Waals surface area contributed by atoms with Crippen LogP contribution in [0.3, 0.4) is 0 Å². The second-order valence-electron chi connectivity index (χ2n) is 9.19. The molecule has 11 nitrogen and oxygen atoms in total. The van der Waals surface area contributed by atoms with Crippen molar-refractivity contribution in [1.82, 2.24) is 25.1 Å². The number of aliphatic carboxylic acids is 1. The van der Waals surface area contributed by atoms with Gasteiger partial charge in [0, 0.05) is 19.6 Å². The van der Waals surface area contributed by atoms with Crippen LogP contribution in [-0.4, -0.2) is 93.7 Å². The molecular weight excluding hydrogens is 490 g/mol. The Balaban J connectivity index is 1.52. The minimum Gasteiger partial charge on any atom is -0.481 e.